The van der Waals surface area contributed by atoms with Crippen LogP contribution in [0.15, 0.2) is 54.7 Å². The van der Waals surface area contributed by atoms with Crippen LogP contribution in [-0.2, 0) is 0 Å². The molecule has 3 rings (SSSR count). The number of rotatable bonds is 3. The van der Waals surface area contributed by atoms with Gasteiger partial charge in [0.15, 0.2) is 5.52 Å². The molecule has 0 unspecified atom stereocenters. The van der Waals surface area contributed by atoms with Gasteiger partial charge in [0.25, 0.3) is 5.69 Å². The van der Waals surface area contributed by atoms with E-state index >= 15 is 0 Å². The first-order valence-corrected chi connectivity index (χ1v) is 7.18. The van der Waals surface area contributed by atoms with Gasteiger partial charge in [-0.25, -0.2) is 4.98 Å². The summed E-state index contributed by atoms with van der Waals surface area (Å²) in [5.41, 5.74) is 0.297. The number of nitro benzene ring substituents is 1. The molecule has 3 aromatic rings. The fourth-order valence-electron chi connectivity index (χ4n) is 2.00. The van der Waals surface area contributed by atoms with E-state index < -0.39 is 4.92 Å². The number of aromatic nitrogens is 1. The van der Waals surface area contributed by atoms with Gasteiger partial charge in [-0.1, -0.05) is 0 Å². The quantitative estimate of drug-likeness (QED) is 0.373. The maximum atomic E-state index is 11.0. The van der Waals surface area contributed by atoms with Crippen LogP contribution in [0.5, 0.6) is 11.5 Å². The normalized spacial score (nSPS) is 10.5. The Bertz CT molecular complexity index is 819. The molecule has 0 bridgehead atoms. The number of nitro groups is 1. The minimum absolute atomic E-state index is 0.0273. The van der Waals surface area contributed by atoms with Crippen molar-refractivity contribution >= 4 is 39.2 Å². The Kier molecular flexibility index (Phi) is 3.70. The Balaban J connectivity index is 2.09. The third-order valence-corrected chi connectivity index (χ3v) is 3.67. The highest BCUT2D eigenvalue weighted by Crippen LogP contribution is 2.34. The molecule has 0 saturated heterocycles. The Morgan fingerprint density at radius 2 is 1.86 bits per heavy atom. The molecule has 0 saturated carbocycles. The van der Waals surface area contributed by atoms with Crippen LogP contribution in [0.3, 0.4) is 0 Å². The molecule has 6 heteroatoms. The summed E-state index contributed by atoms with van der Waals surface area (Å²) in [7, 11) is 0. The lowest BCUT2D eigenvalue weighted by Gasteiger charge is -2.08. The molecule has 1 aromatic heterocycles. The van der Waals surface area contributed by atoms with E-state index in [1.54, 1.807) is 18.2 Å². The van der Waals surface area contributed by atoms with Gasteiger partial charge in [-0.3, -0.25) is 10.1 Å². The van der Waals surface area contributed by atoms with Gasteiger partial charge in [-0.15, -0.1) is 0 Å². The molecule has 5 nitrogen and oxygen atoms in total. The zero-order chi connectivity index (χ0) is 14.8. The van der Waals surface area contributed by atoms with Gasteiger partial charge in [0.05, 0.1) is 4.92 Å². The van der Waals surface area contributed by atoms with E-state index in [-0.39, 0.29) is 5.69 Å². The van der Waals surface area contributed by atoms with Crippen molar-refractivity contribution in [3.8, 4) is 11.5 Å². The van der Waals surface area contributed by atoms with Crippen LogP contribution in [0.2, 0.25) is 0 Å². The van der Waals surface area contributed by atoms with E-state index in [1.165, 1.54) is 12.3 Å². The minimum Gasteiger partial charge on any atom is -0.457 e. The number of nitrogens with zero attached hydrogens (tertiary/aromatic N) is 2. The summed E-state index contributed by atoms with van der Waals surface area (Å²) >= 11 is 2.21. The summed E-state index contributed by atoms with van der Waals surface area (Å²) in [6.45, 7) is 0. The van der Waals surface area contributed by atoms with Crippen LogP contribution in [-0.4, -0.2) is 9.91 Å². The molecule has 2 aromatic carbocycles. The van der Waals surface area contributed by atoms with Crippen molar-refractivity contribution in [1.29, 1.82) is 0 Å². The molecule has 0 N–H and O–H groups in total. The highest BCUT2D eigenvalue weighted by Gasteiger charge is 2.16. The highest BCUT2D eigenvalue weighted by molar-refractivity contribution is 14.1. The SMILES string of the molecule is O=[N+]([O-])c1ccc(Oc2ccc(I)cc2)c2cccnc12. The first-order valence-electron chi connectivity index (χ1n) is 6.11. The van der Waals surface area contributed by atoms with Crippen molar-refractivity contribution in [1.82, 2.24) is 4.98 Å². The average Bonchev–Trinajstić information content (AvgIpc) is 2.49. The molecule has 104 valence electrons. The fraction of sp³-hybridized carbons (Fsp3) is 0. The zero-order valence-electron chi connectivity index (χ0n) is 10.7. The summed E-state index contributed by atoms with van der Waals surface area (Å²) in [6, 6.07) is 14.1. The topological polar surface area (TPSA) is 65.3 Å². The number of hydrogen-bond acceptors (Lipinski definition) is 4. The fourth-order valence-corrected chi connectivity index (χ4v) is 2.36. The number of fused-ring (bicyclic) bond motifs is 1. The third-order valence-electron chi connectivity index (χ3n) is 2.95. The summed E-state index contributed by atoms with van der Waals surface area (Å²) in [5, 5.41) is 11.7. The Hall–Kier alpha value is -2.22. The average molecular weight is 392 g/mol. The molecular weight excluding hydrogens is 383 g/mol. The number of pyridine rings is 1. The van der Waals surface area contributed by atoms with E-state index in [1.807, 2.05) is 24.3 Å². The van der Waals surface area contributed by atoms with Crippen molar-refractivity contribution < 1.29 is 9.66 Å². The summed E-state index contributed by atoms with van der Waals surface area (Å²) in [4.78, 5) is 14.7. The molecule has 21 heavy (non-hydrogen) atoms. The molecule has 0 fully saturated rings. The van der Waals surface area contributed by atoms with E-state index in [9.17, 15) is 10.1 Å². The van der Waals surface area contributed by atoms with Crippen molar-refractivity contribution in [2.75, 3.05) is 0 Å². The van der Waals surface area contributed by atoms with E-state index in [2.05, 4.69) is 27.6 Å². The lowest BCUT2D eigenvalue weighted by molar-refractivity contribution is -0.383. The summed E-state index contributed by atoms with van der Waals surface area (Å²) in [6.07, 6.45) is 1.53. The molecule has 0 amide bonds. The number of benzene rings is 2. The molecule has 0 radical (unpaired) electrons. The van der Waals surface area contributed by atoms with Crippen LogP contribution < -0.4 is 4.74 Å². The first kappa shape index (κ1) is 13.7. The first-order chi connectivity index (χ1) is 10.1. The largest absolute Gasteiger partial charge is 0.457 e. The standard InChI is InChI=1S/C15H9IN2O3/c16-10-3-5-11(6-4-10)21-14-8-7-13(18(19)20)15-12(14)2-1-9-17-15/h1-9H. The van der Waals surface area contributed by atoms with Crippen LogP contribution in [0, 0.1) is 13.7 Å². The Labute approximate surface area is 133 Å². The predicted octanol–water partition coefficient (Wildman–Crippen LogP) is 4.54. The molecule has 0 aliphatic heterocycles. The molecule has 0 spiro atoms. The monoisotopic (exact) mass is 392 g/mol. The zero-order valence-corrected chi connectivity index (χ0v) is 12.9. The van der Waals surface area contributed by atoms with Crippen LogP contribution >= 0.6 is 22.6 Å². The van der Waals surface area contributed by atoms with Gasteiger partial charge < -0.3 is 4.74 Å². The van der Waals surface area contributed by atoms with E-state index in [0.717, 1.165) is 3.57 Å². The van der Waals surface area contributed by atoms with Crippen LogP contribution in [0.4, 0.5) is 5.69 Å². The number of hydrogen-bond donors (Lipinski definition) is 0. The van der Waals surface area contributed by atoms with Gasteiger partial charge in [-0.2, -0.15) is 0 Å². The van der Waals surface area contributed by atoms with Crippen LogP contribution in [0.25, 0.3) is 10.9 Å². The van der Waals surface area contributed by atoms with Crippen molar-refractivity contribution in [2.45, 2.75) is 0 Å². The van der Waals surface area contributed by atoms with Crippen molar-refractivity contribution in [3.05, 3.63) is 68.4 Å². The van der Waals surface area contributed by atoms with Crippen LogP contribution in [0.1, 0.15) is 0 Å². The molecular formula is C15H9IN2O3. The van der Waals surface area contributed by atoms with Crippen molar-refractivity contribution in [3.63, 3.8) is 0 Å². The van der Waals surface area contributed by atoms with Gasteiger partial charge in [0, 0.05) is 21.2 Å². The second-order valence-electron chi connectivity index (χ2n) is 4.30. The number of non-ortho nitro benzene ring substituents is 1. The van der Waals surface area contributed by atoms with E-state index in [0.29, 0.717) is 22.4 Å². The maximum absolute atomic E-state index is 11.0. The molecule has 0 aliphatic rings. The van der Waals surface area contributed by atoms with Gasteiger partial charge in [0.2, 0.25) is 0 Å². The lowest BCUT2D eigenvalue weighted by atomic mass is 10.1. The lowest BCUT2D eigenvalue weighted by Crippen LogP contribution is -1.93. The second-order valence-corrected chi connectivity index (χ2v) is 5.54. The van der Waals surface area contributed by atoms with Gasteiger partial charge in [0.1, 0.15) is 11.5 Å². The summed E-state index contributed by atoms with van der Waals surface area (Å²) in [5.74, 6) is 1.22. The second kappa shape index (κ2) is 5.65. The number of ether oxygens (including phenoxy) is 1. The molecule has 0 atom stereocenters. The Morgan fingerprint density at radius 1 is 1.10 bits per heavy atom. The highest BCUT2D eigenvalue weighted by atomic mass is 127. The Morgan fingerprint density at radius 3 is 2.57 bits per heavy atom. The van der Waals surface area contributed by atoms with Crippen molar-refractivity contribution in [2.24, 2.45) is 0 Å². The van der Waals surface area contributed by atoms with Gasteiger partial charge >= 0.3 is 0 Å². The van der Waals surface area contributed by atoms with E-state index in [4.69, 9.17) is 4.74 Å². The minimum atomic E-state index is -0.440. The molecule has 0 aliphatic carbocycles. The number of halogens is 1. The van der Waals surface area contributed by atoms with Gasteiger partial charge in [-0.05, 0) is 65.1 Å². The predicted molar refractivity (Wildman–Crippen MR) is 87.6 cm³/mol. The maximum Gasteiger partial charge on any atom is 0.295 e. The summed E-state index contributed by atoms with van der Waals surface area (Å²) < 4.78 is 6.92. The molecule has 1 heterocycles. The smallest absolute Gasteiger partial charge is 0.295 e. The third kappa shape index (κ3) is 2.80.